The first-order valence-corrected chi connectivity index (χ1v) is 7.30. The van der Waals surface area contributed by atoms with Gasteiger partial charge in [-0.15, -0.1) is 0 Å². The van der Waals surface area contributed by atoms with Gasteiger partial charge in [0.1, 0.15) is 0 Å². The minimum Gasteiger partial charge on any atom is -0.0845 e. The van der Waals surface area contributed by atoms with Crippen LogP contribution in [0.3, 0.4) is 0 Å². The lowest BCUT2D eigenvalue weighted by atomic mass is 9.52. The van der Waals surface area contributed by atoms with Crippen LogP contribution in [0.4, 0.5) is 0 Å². The van der Waals surface area contributed by atoms with Crippen LogP contribution >= 0.6 is 0 Å². The molecule has 16 heavy (non-hydrogen) atoms. The van der Waals surface area contributed by atoms with Gasteiger partial charge in [-0.3, -0.25) is 0 Å². The van der Waals surface area contributed by atoms with Crippen LogP contribution in [-0.2, 0) is 0 Å². The van der Waals surface area contributed by atoms with E-state index in [0.717, 1.165) is 23.7 Å². The molecule has 3 aliphatic carbocycles. The van der Waals surface area contributed by atoms with Gasteiger partial charge in [0.05, 0.1) is 0 Å². The molecule has 0 spiro atoms. The molecule has 2 saturated carbocycles. The zero-order valence-electron chi connectivity index (χ0n) is 10.3. The fraction of sp³-hybridized carbons (Fsp3) is 0.750. The molecule has 0 nitrogen and oxygen atoms in total. The second kappa shape index (κ2) is 4.77. The summed E-state index contributed by atoms with van der Waals surface area (Å²) >= 11 is 0. The number of hydrogen-bond acceptors (Lipinski definition) is 0. The molecule has 0 bridgehead atoms. The van der Waals surface area contributed by atoms with Crippen LogP contribution in [0.5, 0.6) is 0 Å². The Labute approximate surface area is 99.8 Å². The van der Waals surface area contributed by atoms with Crippen LogP contribution in [0.2, 0.25) is 0 Å². The largest absolute Gasteiger partial charge is 0.0845 e. The molecule has 0 aromatic heterocycles. The summed E-state index contributed by atoms with van der Waals surface area (Å²) in [5.74, 6) is 4.10. The molecule has 88 valence electrons. The predicted octanol–water partition coefficient (Wildman–Crippen LogP) is 4.73. The lowest BCUT2D eigenvalue weighted by Crippen LogP contribution is -2.46. The standard InChI is InChI=1S/C16H24/c1-2-6-10-14-13(9-5-1)15-11-7-3-4-8-12-16(14)15/h1-2,5,9,13-16H,3-4,6-8,10-12H2/b2-1-,9-5-. The average molecular weight is 216 g/mol. The molecule has 4 unspecified atom stereocenters. The maximum atomic E-state index is 2.52. The molecule has 0 amide bonds. The summed E-state index contributed by atoms with van der Waals surface area (Å²) in [4.78, 5) is 0. The normalized spacial score (nSPS) is 47.0. The quantitative estimate of drug-likeness (QED) is 0.549. The Morgan fingerprint density at radius 3 is 2.31 bits per heavy atom. The van der Waals surface area contributed by atoms with Gasteiger partial charge in [0.15, 0.2) is 0 Å². The van der Waals surface area contributed by atoms with E-state index in [0.29, 0.717) is 0 Å². The molecule has 0 heteroatoms. The van der Waals surface area contributed by atoms with Gasteiger partial charge in [-0.05, 0) is 49.4 Å². The van der Waals surface area contributed by atoms with Gasteiger partial charge in [0, 0.05) is 0 Å². The van der Waals surface area contributed by atoms with Gasteiger partial charge >= 0.3 is 0 Å². The monoisotopic (exact) mass is 216 g/mol. The molecular formula is C16H24. The Morgan fingerprint density at radius 2 is 1.44 bits per heavy atom. The number of allylic oxidation sites excluding steroid dienone is 4. The van der Waals surface area contributed by atoms with Crippen molar-refractivity contribution in [2.45, 2.75) is 51.4 Å². The third kappa shape index (κ3) is 1.87. The fourth-order valence-electron chi connectivity index (χ4n) is 4.36. The summed E-state index contributed by atoms with van der Waals surface area (Å²) in [5, 5.41) is 0. The van der Waals surface area contributed by atoms with Crippen LogP contribution in [0.25, 0.3) is 0 Å². The predicted molar refractivity (Wildman–Crippen MR) is 69.2 cm³/mol. The van der Waals surface area contributed by atoms with Crippen LogP contribution in [0.15, 0.2) is 24.3 Å². The Bertz CT molecular complexity index is 286. The van der Waals surface area contributed by atoms with Crippen molar-refractivity contribution in [3.8, 4) is 0 Å². The van der Waals surface area contributed by atoms with E-state index < -0.39 is 0 Å². The van der Waals surface area contributed by atoms with Gasteiger partial charge in [0.25, 0.3) is 0 Å². The van der Waals surface area contributed by atoms with Crippen molar-refractivity contribution in [1.82, 2.24) is 0 Å². The van der Waals surface area contributed by atoms with Gasteiger partial charge in [-0.25, -0.2) is 0 Å². The highest BCUT2D eigenvalue weighted by atomic mass is 14.5. The minimum absolute atomic E-state index is 0.938. The molecule has 3 aliphatic rings. The van der Waals surface area contributed by atoms with Crippen molar-refractivity contribution in [3.63, 3.8) is 0 Å². The summed E-state index contributed by atoms with van der Waals surface area (Å²) < 4.78 is 0. The van der Waals surface area contributed by atoms with Gasteiger partial charge < -0.3 is 0 Å². The average Bonchev–Trinajstić information content (AvgIpc) is 2.23. The molecule has 0 saturated heterocycles. The summed E-state index contributed by atoms with van der Waals surface area (Å²) in [7, 11) is 0. The third-order valence-electron chi connectivity index (χ3n) is 5.16. The highest BCUT2D eigenvalue weighted by Crippen LogP contribution is 2.54. The Balaban J connectivity index is 1.73. The molecule has 0 radical (unpaired) electrons. The lowest BCUT2D eigenvalue weighted by Gasteiger charge is -2.53. The highest BCUT2D eigenvalue weighted by molar-refractivity contribution is 5.14. The molecule has 2 fully saturated rings. The first-order chi connectivity index (χ1) is 7.97. The van der Waals surface area contributed by atoms with E-state index in [-0.39, 0.29) is 0 Å². The van der Waals surface area contributed by atoms with Crippen LogP contribution in [-0.4, -0.2) is 0 Å². The maximum absolute atomic E-state index is 2.52. The Hall–Kier alpha value is -0.520. The molecule has 0 aromatic carbocycles. The summed E-state index contributed by atoms with van der Waals surface area (Å²) in [6, 6.07) is 0. The van der Waals surface area contributed by atoms with E-state index in [2.05, 4.69) is 24.3 Å². The maximum Gasteiger partial charge on any atom is -0.0168 e. The number of fused-ring (bicyclic) bond motifs is 4. The van der Waals surface area contributed by atoms with Crippen molar-refractivity contribution in [3.05, 3.63) is 24.3 Å². The van der Waals surface area contributed by atoms with E-state index in [4.69, 9.17) is 0 Å². The van der Waals surface area contributed by atoms with Crippen LogP contribution in [0, 0.1) is 23.7 Å². The molecular weight excluding hydrogens is 192 g/mol. The second-order valence-electron chi connectivity index (χ2n) is 5.95. The zero-order valence-corrected chi connectivity index (χ0v) is 10.3. The molecule has 3 rings (SSSR count). The summed E-state index contributed by atoms with van der Waals surface area (Å²) in [6.07, 6.45) is 21.2. The van der Waals surface area contributed by atoms with Gasteiger partial charge in [-0.2, -0.15) is 0 Å². The van der Waals surface area contributed by atoms with E-state index in [9.17, 15) is 0 Å². The van der Waals surface area contributed by atoms with Crippen molar-refractivity contribution in [2.24, 2.45) is 23.7 Å². The fourth-order valence-corrected chi connectivity index (χ4v) is 4.36. The van der Waals surface area contributed by atoms with Gasteiger partial charge in [0.2, 0.25) is 0 Å². The molecule has 0 aliphatic heterocycles. The molecule has 0 heterocycles. The van der Waals surface area contributed by atoms with Gasteiger partial charge in [-0.1, -0.05) is 50.0 Å². The molecule has 4 atom stereocenters. The van der Waals surface area contributed by atoms with Crippen molar-refractivity contribution in [2.75, 3.05) is 0 Å². The van der Waals surface area contributed by atoms with E-state index in [1.165, 1.54) is 51.4 Å². The number of rotatable bonds is 0. The Kier molecular flexibility index (Phi) is 3.17. The highest BCUT2D eigenvalue weighted by Gasteiger charge is 2.47. The zero-order chi connectivity index (χ0) is 10.8. The summed E-state index contributed by atoms with van der Waals surface area (Å²) in [5.41, 5.74) is 0. The van der Waals surface area contributed by atoms with E-state index in [1.54, 1.807) is 0 Å². The third-order valence-corrected chi connectivity index (χ3v) is 5.16. The molecule has 0 N–H and O–H groups in total. The Morgan fingerprint density at radius 1 is 0.688 bits per heavy atom. The van der Waals surface area contributed by atoms with E-state index in [1.807, 2.05) is 0 Å². The SMILES string of the molecule is C1=C\CCC2C(\C=C/1)C1CCCCCCC21. The van der Waals surface area contributed by atoms with Crippen molar-refractivity contribution >= 4 is 0 Å². The van der Waals surface area contributed by atoms with Crippen molar-refractivity contribution in [1.29, 1.82) is 0 Å². The topological polar surface area (TPSA) is 0 Å². The minimum atomic E-state index is 0.938. The lowest BCUT2D eigenvalue weighted by molar-refractivity contribution is -0.0159. The van der Waals surface area contributed by atoms with Crippen LogP contribution < -0.4 is 0 Å². The summed E-state index contributed by atoms with van der Waals surface area (Å²) in [6.45, 7) is 0. The number of hydrogen-bond donors (Lipinski definition) is 0. The smallest absolute Gasteiger partial charge is 0.0168 e. The second-order valence-corrected chi connectivity index (χ2v) is 5.95. The van der Waals surface area contributed by atoms with E-state index >= 15 is 0 Å². The van der Waals surface area contributed by atoms with Crippen molar-refractivity contribution < 1.29 is 0 Å². The first-order valence-electron chi connectivity index (χ1n) is 7.30. The molecule has 0 aromatic rings. The van der Waals surface area contributed by atoms with Crippen LogP contribution in [0.1, 0.15) is 51.4 Å². The first kappa shape index (κ1) is 10.6.